The highest BCUT2D eigenvalue weighted by Crippen LogP contribution is 2.42. The maximum Gasteiger partial charge on any atom is 0.322 e. The summed E-state index contributed by atoms with van der Waals surface area (Å²) in [5.41, 5.74) is 1.46. The first-order valence-corrected chi connectivity index (χ1v) is 18.5. The second kappa shape index (κ2) is 13.1. The molecule has 8 rings (SSSR count). The molecule has 2 N–H and O–H groups in total. The number of alkyl halides is 1. The summed E-state index contributed by atoms with van der Waals surface area (Å²) in [6.07, 6.45) is 3.48. The molecule has 276 valence electrons. The number of aryl methyl sites for hydroxylation is 1. The van der Waals surface area contributed by atoms with Gasteiger partial charge in [-0.3, -0.25) is 19.8 Å². The van der Waals surface area contributed by atoms with Crippen LogP contribution in [0.3, 0.4) is 0 Å². The van der Waals surface area contributed by atoms with Crippen LogP contribution in [-0.4, -0.2) is 89.4 Å². The van der Waals surface area contributed by atoms with E-state index in [1.165, 1.54) is 6.07 Å². The molecular formula is C38H45F2N7O5. The van der Waals surface area contributed by atoms with Gasteiger partial charge >= 0.3 is 18.0 Å². The van der Waals surface area contributed by atoms with E-state index in [-0.39, 0.29) is 42.8 Å². The molecule has 2 aromatic carbocycles. The average molecular weight is 718 g/mol. The number of aromatic nitrogens is 2. The van der Waals surface area contributed by atoms with E-state index < -0.39 is 23.3 Å². The van der Waals surface area contributed by atoms with Crippen LogP contribution >= 0.6 is 0 Å². The number of imide groups is 1. The number of fused-ring (bicyclic) bond motifs is 3. The maximum atomic E-state index is 15.3. The van der Waals surface area contributed by atoms with Crippen LogP contribution in [0.1, 0.15) is 69.7 Å². The van der Waals surface area contributed by atoms with E-state index in [4.69, 9.17) is 19.4 Å². The van der Waals surface area contributed by atoms with Gasteiger partial charge in [0, 0.05) is 48.8 Å². The molecule has 12 nitrogen and oxygen atoms in total. The van der Waals surface area contributed by atoms with Crippen LogP contribution in [0.5, 0.6) is 11.8 Å². The number of amides is 3. The monoisotopic (exact) mass is 717 g/mol. The number of carbonyl (C=O) groups is 3. The predicted molar refractivity (Wildman–Crippen MR) is 190 cm³/mol. The third-order valence-corrected chi connectivity index (χ3v) is 11.6. The van der Waals surface area contributed by atoms with Crippen LogP contribution < -0.4 is 29.9 Å². The third-order valence-electron chi connectivity index (χ3n) is 11.6. The van der Waals surface area contributed by atoms with Crippen LogP contribution in [0.4, 0.5) is 25.1 Å². The summed E-state index contributed by atoms with van der Waals surface area (Å²) in [6.45, 7) is 8.68. The van der Waals surface area contributed by atoms with Gasteiger partial charge < -0.3 is 24.6 Å². The molecule has 1 spiro atoms. The summed E-state index contributed by atoms with van der Waals surface area (Å²) in [5, 5.41) is 6.78. The number of hydrogen-bond acceptors (Lipinski definition) is 10. The number of ether oxygens (including phenoxy) is 2. The Morgan fingerprint density at radius 2 is 1.92 bits per heavy atom. The van der Waals surface area contributed by atoms with Crippen LogP contribution in [0, 0.1) is 11.7 Å². The van der Waals surface area contributed by atoms with Crippen molar-refractivity contribution in [1.82, 2.24) is 25.5 Å². The number of benzene rings is 2. The average Bonchev–Trinajstić information content (AvgIpc) is 3.74. The third kappa shape index (κ3) is 5.98. The normalized spacial score (nSPS) is 25.8. The lowest BCUT2D eigenvalue weighted by atomic mass is 9.88. The van der Waals surface area contributed by atoms with Gasteiger partial charge in [0.2, 0.25) is 0 Å². The second-order valence-electron chi connectivity index (χ2n) is 15.3. The van der Waals surface area contributed by atoms with Gasteiger partial charge in [-0.2, -0.15) is 9.97 Å². The minimum Gasteiger partial charge on any atom is -0.461 e. The van der Waals surface area contributed by atoms with Crippen molar-refractivity contribution in [3.05, 3.63) is 46.9 Å². The van der Waals surface area contributed by atoms with Gasteiger partial charge in [0.05, 0.1) is 30.2 Å². The van der Waals surface area contributed by atoms with Crippen LogP contribution in [0.25, 0.3) is 10.8 Å². The Balaban J connectivity index is 1.18. The highest BCUT2D eigenvalue weighted by molar-refractivity contribution is 6.07. The molecule has 1 aromatic heterocycles. The number of rotatable bonds is 8. The number of hydrogen-bond donors (Lipinski definition) is 2. The molecule has 6 heterocycles. The lowest BCUT2D eigenvalue weighted by molar-refractivity contribution is -0.137. The zero-order chi connectivity index (χ0) is 36.4. The van der Waals surface area contributed by atoms with Crippen molar-refractivity contribution in [3.8, 4) is 11.8 Å². The van der Waals surface area contributed by atoms with E-state index in [9.17, 15) is 18.8 Å². The number of anilines is 2. The van der Waals surface area contributed by atoms with Gasteiger partial charge in [-0.15, -0.1) is 0 Å². The Hall–Kier alpha value is -4.59. The Labute approximate surface area is 301 Å². The molecule has 3 aromatic rings. The molecule has 4 fully saturated rings. The van der Waals surface area contributed by atoms with Gasteiger partial charge in [-0.25, -0.2) is 13.6 Å². The molecule has 3 atom stereocenters. The van der Waals surface area contributed by atoms with Gasteiger partial charge in [0.1, 0.15) is 35.7 Å². The maximum absolute atomic E-state index is 15.3. The molecular weight excluding hydrogens is 672 g/mol. The standard InChI is InChI=1S/C38H45F2N7O5/c1-4-26-28(40)8-7-23-15-25(52-33(48)22(2)3)16-30(31(23)26)45-14-9-27-29(19-45)41-36(51-21-37-10-5-13-47(37)18-24(39)17-37)42-32(27)46-12-6-11-38(20-46)34(49)43-35(50)44-38/h7-8,15-16,22,24H,4-6,9-14,17-21H2,1-3H3,(H2,43,44,49,50)/t24-,37+,38-/m1/s1. The molecule has 0 saturated carbocycles. The lowest BCUT2D eigenvalue weighted by Crippen LogP contribution is -2.59. The molecule has 3 amide bonds. The van der Waals surface area contributed by atoms with Gasteiger partial charge in [0.25, 0.3) is 5.91 Å². The molecule has 0 aliphatic carbocycles. The SMILES string of the molecule is CCc1c(F)ccc2cc(OC(=O)C(C)C)cc(N3CCc4c(nc(OC[C@@]56CCCN5C[C@H](F)C6)nc4N4CCC[C@]5(C4)NC(=O)NC5=O)C3)c12. The van der Waals surface area contributed by atoms with Crippen molar-refractivity contribution in [3.63, 3.8) is 0 Å². The fourth-order valence-corrected chi connectivity index (χ4v) is 8.97. The number of carbonyl (C=O) groups excluding carboxylic acids is 3. The van der Waals surface area contributed by atoms with Crippen molar-refractivity contribution in [1.29, 1.82) is 0 Å². The highest BCUT2D eigenvalue weighted by Gasteiger charge is 2.51. The van der Waals surface area contributed by atoms with Crippen LogP contribution in [0.2, 0.25) is 0 Å². The van der Waals surface area contributed by atoms with E-state index in [1.54, 1.807) is 26.0 Å². The first-order valence-electron chi connectivity index (χ1n) is 18.5. The fraction of sp³-hybridized carbons (Fsp3) is 0.553. The summed E-state index contributed by atoms with van der Waals surface area (Å²) >= 11 is 0. The van der Waals surface area contributed by atoms with E-state index in [0.29, 0.717) is 81.1 Å². The number of nitrogens with one attached hydrogen (secondary N) is 2. The smallest absolute Gasteiger partial charge is 0.322 e. The molecule has 14 heteroatoms. The van der Waals surface area contributed by atoms with Crippen LogP contribution in [0.15, 0.2) is 24.3 Å². The summed E-state index contributed by atoms with van der Waals surface area (Å²) in [7, 11) is 0. The summed E-state index contributed by atoms with van der Waals surface area (Å²) in [4.78, 5) is 54.2. The Morgan fingerprint density at radius 3 is 2.69 bits per heavy atom. The minimum atomic E-state index is -1.06. The quantitative estimate of drug-likeness (QED) is 0.194. The van der Waals surface area contributed by atoms with Crippen LogP contribution in [-0.2, 0) is 29.0 Å². The van der Waals surface area contributed by atoms with Gasteiger partial charge in [0.15, 0.2) is 0 Å². The van der Waals surface area contributed by atoms with E-state index in [0.717, 1.165) is 41.4 Å². The zero-order valence-electron chi connectivity index (χ0n) is 29.9. The van der Waals surface area contributed by atoms with Gasteiger partial charge in [-0.05, 0) is 68.2 Å². The first-order chi connectivity index (χ1) is 25.0. The van der Waals surface area contributed by atoms with Crippen molar-refractivity contribution < 1.29 is 32.6 Å². The summed E-state index contributed by atoms with van der Waals surface area (Å²) in [6, 6.07) is 6.42. The van der Waals surface area contributed by atoms with Crippen molar-refractivity contribution in [2.75, 3.05) is 49.1 Å². The number of nitrogens with zero attached hydrogens (tertiary/aromatic N) is 5. The number of urea groups is 1. The molecule has 4 saturated heterocycles. The number of esters is 1. The lowest BCUT2D eigenvalue weighted by Gasteiger charge is -2.40. The van der Waals surface area contributed by atoms with Crippen molar-refractivity contribution >= 4 is 40.2 Å². The Kier molecular flexibility index (Phi) is 8.70. The van der Waals surface area contributed by atoms with E-state index in [2.05, 4.69) is 20.4 Å². The summed E-state index contributed by atoms with van der Waals surface area (Å²) in [5.74, 6) is -0.314. The molecule has 5 aliphatic rings. The Bertz CT molecular complexity index is 1960. The van der Waals surface area contributed by atoms with Crippen molar-refractivity contribution in [2.24, 2.45) is 5.92 Å². The molecule has 0 radical (unpaired) electrons. The fourth-order valence-electron chi connectivity index (χ4n) is 8.97. The second-order valence-corrected chi connectivity index (χ2v) is 15.3. The Morgan fingerprint density at radius 1 is 1.10 bits per heavy atom. The largest absolute Gasteiger partial charge is 0.461 e. The van der Waals surface area contributed by atoms with E-state index >= 15 is 4.39 Å². The molecule has 0 unspecified atom stereocenters. The summed E-state index contributed by atoms with van der Waals surface area (Å²) < 4.78 is 42.1. The van der Waals surface area contributed by atoms with Gasteiger partial charge in [-0.1, -0.05) is 26.8 Å². The zero-order valence-corrected chi connectivity index (χ0v) is 29.9. The highest BCUT2D eigenvalue weighted by atomic mass is 19.1. The number of piperidine rings is 1. The number of halogens is 2. The minimum absolute atomic E-state index is 0.170. The van der Waals surface area contributed by atoms with Crippen molar-refractivity contribution in [2.45, 2.75) is 89.5 Å². The van der Waals surface area contributed by atoms with E-state index in [1.807, 2.05) is 17.9 Å². The molecule has 5 aliphatic heterocycles. The topological polar surface area (TPSA) is 129 Å². The molecule has 0 bridgehead atoms. The predicted octanol–water partition coefficient (Wildman–Crippen LogP) is 4.59. The molecule has 52 heavy (non-hydrogen) atoms. The first kappa shape index (κ1) is 34.5.